The van der Waals surface area contributed by atoms with Crippen molar-refractivity contribution >= 4 is 5.69 Å². The maximum absolute atomic E-state index is 4.14. The maximum atomic E-state index is 4.14. The van der Waals surface area contributed by atoms with Gasteiger partial charge in [-0.1, -0.05) is 26.0 Å². The molecule has 4 nitrogen and oxygen atoms in total. The fourth-order valence-corrected chi connectivity index (χ4v) is 2.82. The summed E-state index contributed by atoms with van der Waals surface area (Å²) in [4.78, 5) is 3.97. The van der Waals surface area contributed by atoms with Crippen molar-refractivity contribution in [3.63, 3.8) is 0 Å². The van der Waals surface area contributed by atoms with E-state index in [1.54, 1.807) is 12.7 Å². The van der Waals surface area contributed by atoms with Crippen molar-refractivity contribution in [3.8, 4) is 0 Å². The second-order valence-electron chi connectivity index (χ2n) is 6.11. The Morgan fingerprint density at radius 3 is 2.90 bits per heavy atom. The Kier molecular flexibility index (Phi) is 3.72. The molecule has 1 aromatic carbocycles. The second-order valence-corrected chi connectivity index (χ2v) is 6.11. The van der Waals surface area contributed by atoms with E-state index in [0.717, 1.165) is 18.4 Å². The predicted molar refractivity (Wildman–Crippen MR) is 80.5 cm³/mol. The summed E-state index contributed by atoms with van der Waals surface area (Å²) in [5.41, 5.74) is 2.47. The Hall–Kier alpha value is -1.84. The van der Waals surface area contributed by atoms with Crippen molar-refractivity contribution in [1.82, 2.24) is 14.8 Å². The molecular formula is C16H22N4. The highest BCUT2D eigenvalue weighted by atomic mass is 15.3. The van der Waals surface area contributed by atoms with E-state index in [9.17, 15) is 0 Å². The van der Waals surface area contributed by atoms with E-state index in [4.69, 9.17) is 0 Å². The van der Waals surface area contributed by atoms with E-state index >= 15 is 0 Å². The summed E-state index contributed by atoms with van der Waals surface area (Å²) in [6, 6.07) is 9.24. The summed E-state index contributed by atoms with van der Waals surface area (Å²) in [5, 5.41) is 7.78. The molecule has 1 aliphatic carbocycles. The van der Waals surface area contributed by atoms with E-state index < -0.39 is 0 Å². The normalized spacial score (nSPS) is 21.8. The molecule has 0 atom stereocenters. The summed E-state index contributed by atoms with van der Waals surface area (Å²) in [5.74, 6) is 1.71. The van der Waals surface area contributed by atoms with E-state index in [1.807, 2.05) is 4.68 Å². The van der Waals surface area contributed by atoms with Gasteiger partial charge in [0.2, 0.25) is 0 Å². The van der Waals surface area contributed by atoms with Gasteiger partial charge in [-0.05, 0) is 42.4 Å². The summed E-state index contributed by atoms with van der Waals surface area (Å²) in [6.45, 7) is 5.41. The fraction of sp³-hybridized carbons (Fsp3) is 0.500. The molecule has 0 spiro atoms. The highest BCUT2D eigenvalue weighted by Gasteiger charge is 2.30. The molecule has 1 aromatic heterocycles. The van der Waals surface area contributed by atoms with Gasteiger partial charge in [0.1, 0.15) is 12.7 Å². The minimum Gasteiger partial charge on any atom is -0.382 e. The summed E-state index contributed by atoms with van der Waals surface area (Å²) in [6.07, 6.45) is 5.91. The standard InChI is InChI=1S/C16H22N4/c1-12(2)14-7-16(8-14)19-15-5-3-4-13(6-15)9-20-11-17-10-18-20/h3-6,10-12,14,16,19H,7-9H2,1-2H3. The highest BCUT2D eigenvalue weighted by molar-refractivity contribution is 5.47. The van der Waals surface area contributed by atoms with Crippen LogP contribution in [0.4, 0.5) is 5.69 Å². The first-order valence-electron chi connectivity index (χ1n) is 7.38. The number of aromatic nitrogens is 3. The van der Waals surface area contributed by atoms with Crippen LogP contribution in [0.5, 0.6) is 0 Å². The molecule has 1 N–H and O–H groups in total. The van der Waals surface area contributed by atoms with Crippen LogP contribution in [0, 0.1) is 11.8 Å². The molecule has 1 saturated carbocycles. The third-order valence-corrected chi connectivity index (χ3v) is 4.23. The number of nitrogens with zero attached hydrogens (tertiary/aromatic N) is 3. The van der Waals surface area contributed by atoms with Crippen LogP contribution in [0.25, 0.3) is 0 Å². The monoisotopic (exact) mass is 270 g/mol. The molecule has 0 aliphatic heterocycles. The first-order chi connectivity index (χ1) is 9.70. The Bertz CT molecular complexity index is 541. The van der Waals surface area contributed by atoms with Crippen molar-refractivity contribution in [1.29, 1.82) is 0 Å². The zero-order chi connectivity index (χ0) is 13.9. The van der Waals surface area contributed by atoms with Gasteiger partial charge < -0.3 is 5.32 Å². The second kappa shape index (κ2) is 5.65. The Morgan fingerprint density at radius 1 is 1.35 bits per heavy atom. The summed E-state index contributed by atoms with van der Waals surface area (Å²) >= 11 is 0. The number of anilines is 1. The smallest absolute Gasteiger partial charge is 0.137 e. The number of benzene rings is 1. The highest BCUT2D eigenvalue weighted by Crippen LogP contribution is 2.35. The minimum atomic E-state index is 0.643. The lowest BCUT2D eigenvalue weighted by molar-refractivity contribution is 0.212. The molecule has 0 radical (unpaired) electrons. The molecule has 106 valence electrons. The van der Waals surface area contributed by atoms with Crippen molar-refractivity contribution in [2.75, 3.05) is 5.32 Å². The van der Waals surface area contributed by atoms with Gasteiger partial charge >= 0.3 is 0 Å². The van der Waals surface area contributed by atoms with Gasteiger partial charge in [0.15, 0.2) is 0 Å². The Labute approximate surface area is 120 Å². The largest absolute Gasteiger partial charge is 0.382 e. The Balaban J connectivity index is 1.58. The molecule has 1 aliphatic rings. The quantitative estimate of drug-likeness (QED) is 0.907. The Morgan fingerprint density at radius 2 is 2.20 bits per heavy atom. The third kappa shape index (κ3) is 3.00. The van der Waals surface area contributed by atoms with Crippen LogP contribution in [0.2, 0.25) is 0 Å². The van der Waals surface area contributed by atoms with Crippen molar-refractivity contribution < 1.29 is 0 Å². The van der Waals surface area contributed by atoms with Crippen LogP contribution in [0.15, 0.2) is 36.9 Å². The lowest BCUT2D eigenvalue weighted by atomic mass is 9.73. The van der Waals surface area contributed by atoms with E-state index in [-0.39, 0.29) is 0 Å². The molecular weight excluding hydrogens is 248 g/mol. The molecule has 1 heterocycles. The molecule has 2 aromatic rings. The third-order valence-electron chi connectivity index (χ3n) is 4.23. The van der Waals surface area contributed by atoms with Crippen LogP contribution in [0.3, 0.4) is 0 Å². The average molecular weight is 270 g/mol. The van der Waals surface area contributed by atoms with Crippen LogP contribution in [-0.2, 0) is 6.54 Å². The molecule has 0 amide bonds. The van der Waals surface area contributed by atoms with Crippen molar-refractivity contribution in [2.24, 2.45) is 11.8 Å². The molecule has 1 fully saturated rings. The first-order valence-corrected chi connectivity index (χ1v) is 7.38. The molecule has 20 heavy (non-hydrogen) atoms. The van der Waals surface area contributed by atoms with Crippen molar-refractivity contribution in [2.45, 2.75) is 39.3 Å². The van der Waals surface area contributed by atoms with E-state index in [2.05, 4.69) is 53.5 Å². The molecule has 4 heteroatoms. The van der Waals surface area contributed by atoms with Gasteiger partial charge in [-0.2, -0.15) is 5.10 Å². The van der Waals surface area contributed by atoms with Crippen LogP contribution >= 0.6 is 0 Å². The lowest BCUT2D eigenvalue weighted by Crippen LogP contribution is -2.37. The van der Waals surface area contributed by atoms with E-state index in [0.29, 0.717) is 6.04 Å². The topological polar surface area (TPSA) is 42.7 Å². The SMILES string of the molecule is CC(C)C1CC(Nc2cccc(Cn3cncn3)c2)C1. The van der Waals surface area contributed by atoms with E-state index in [1.165, 1.54) is 24.1 Å². The van der Waals surface area contributed by atoms with Gasteiger partial charge in [-0.3, -0.25) is 0 Å². The fourth-order valence-electron chi connectivity index (χ4n) is 2.82. The van der Waals surface area contributed by atoms with Gasteiger partial charge in [0.05, 0.1) is 6.54 Å². The van der Waals surface area contributed by atoms with Gasteiger partial charge in [0.25, 0.3) is 0 Å². The molecule has 0 bridgehead atoms. The zero-order valence-corrected chi connectivity index (χ0v) is 12.2. The summed E-state index contributed by atoms with van der Waals surface area (Å²) in [7, 11) is 0. The maximum Gasteiger partial charge on any atom is 0.137 e. The van der Waals surface area contributed by atoms with Crippen LogP contribution < -0.4 is 5.32 Å². The van der Waals surface area contributed by atoms with Gasteiger partial charge in [-0.15, -0.1) is 0 Å². The summed E-state index contributed by atoms with van der Waals surface area (Å²) < 4.78 is 1.84. The number of hydrogen-bond donors (Lipinski definition) is 1. The number of rotatable bonds is 5. The van der Waals surface area contributed by atoms with Gasteiger partial charge in [-0.25, -0.2) is 9.67 Å². The predicted octanol–water partition coefficient (Wildman–Crippen LogP) is 3.17. The zero-order valence-electron chi connectivity index (χ0n) is 12.2. The molecule has 0 saturated heterocycles. The lowest BCUT2D eigenvalue weighted by Gasteiger charge is -2.39. The van der Waals surface area contributed by atoms with Crippen molar-refractivity contribution in [3.05, 3.63) is 42.5 Å². The number of hydrogen-bond acceptors (Lipinski definition) is 3. The average Bonchev–Trinajstić information content (AvgIpc) is 2.86. The van der Waals surface area contributed by atoms with Crippen LogP contribution in [0.1, 0.15) is 32.3 Å². The van der Waals surface area contributed by atoms with Gasteiger partial charge in [0, 0.05) is 11.7 Å². The number of nitrogens with one attached hydrogen (secondary N) is 1. The molecule has 3 rings (SSSR count). The van der Waals surface area contributed by atoms with Crippen LogP contribution in [-0.4, -0.2) is 20.8 Å². The molecule has 0 unspecified atom stereocenters. The minimum absolute atomic E-state index is 0.643. The first kappa shape index (κ1) is 13.2.